The Balaban J connectivity index is 4.92. The molecule has 0 saturated heterocycles. The zero-order valence-corrected chi connectivity index (χ0v) is 16.5. The fourth-order valence-electron chi connectivity index (χ4n) is 2.59. The summed E-state index contributed by atoms with van der Waals surface area (Å²) in [5.41, 5.74) is 11.3. The minimum Gasteiger partial charge on any atom is -0.480 e. The zero-order valence-electron chi connectivity index (χ0n) is 16.5. The van der Waals surface area contributed by atoms with Gasteiger partial charge in [0.1, 0.15) is 12.1 Å². The maximum absolute atomic E-state index is 12.5. The highest BCUT2D eigenvalue weighted by atomic mass is 16.4. The van der Waals surface area contributed by atoms with Crippen molar-refractivity contribution in [3.8, 4) is 0 Å². The Hall–Kier alpha value is -1.67. The van der Waals surface area contributed by atoms with Crippen LogP contribution in [0.2, 0.25) is 0 Å². The lowest BCUT2D eigenvalue weighted by Crippen LogP contribution is -2.55. The van der Waals surface area contributed by atoms with Crippen LogP contribution in [0.15, 0.2) is 0 Å². The van der Waals surface area contributed by atoms with Crippen LogP contribution < -0.4 is 22.1 Å². The number of nitrogens with two attached hydrogens (primary N) is 2. The molecule has 152 valence electrons. The van der Waals surface area contributed by atoms with Gasteiger partial charge in [-0.25, -0.2) is 4.79 Å². The summed E-state index contributed by atoms with van der Waals surface area (Å²) in [7, 11) is 0. The molecule has 0 aromatic carbocycles. The van der Waals surface area contributed by atoms with E-state index in [2.05, 4.69) is 10.6 Å². The molecule has 0 aliphatic rings. The van der Waals surface area contributed by atoms with Gasteiger partial charge >= 0.3 is 5.97 Å². The molecule has 0 unspecified atom stereocenters. The standard InChI is InChI=1S/C18H36N4O4/c1-11(2)9-14(21-16(23)13(20)7-5-6-8-19)17(24)22-15(18(25)26)10-12(3)4/h11-15H,5-10,19-20H2,1-4H3,(H,21,23)(H,22,24)(H,25,26)/t13-,14-,15-/m0/s1. The van der Waals surface area contributed by atoms with Crippen molar-refractivity contribution in [2.45, 2.75) is 77.9 Å². The Kier molecular flexibility index (Phi) is 11.8. The highest BCUT2D eigenvalue weighted by Gasteiger charge is 2.28. The van der Waals surface area contributed by atoms with E-state index in [1.807, 2.05) is 27.7 Å². The summed E-state index contributed by atoms with van der Waals surface area (Å²) in [5, 5.41) is 14.5. The van der Waals surface area contributed by atoms with E-state index in [9.17, 15) is 19.5 Å². The van der Waals surface area contributed by atoms with Gasteiger partial charge in [-0.2, -0.15) is 0 Å². The Bertz CT molecular complexity index is 454. The number of aliphatic carboxylic acids is 1. The van der Waals surface area contributed by atoms with Crippen molar-refractivity contribution < 1.29 is 19.5 Å². The van der Waals surface area contributed by atoms with Gasteiger partial charge in [0.2, 0.25) is 11.8 Å². The number of nitrogens with one attached hydrogen (secondary N) is 2. The minimum absolute atomic E-state index is 0.116. The molecule has 0 fully saturated rings. The molecule has 0 aromatic rings. The van der Waals surface area contributed by atoms with E-state index >= 15 is 0 Å². The molecule has 0 spiro atoms. The fraction of sp³-hybridized carbons (Fsp3) is 0.833. The second kappa shape index (κ2) is 12.6. The Morgan fingerprint density at radius 2 is 1.38 bits per heavy atom. The van der Waals surface area contributed by atoms with Crippen molar-refractivity contribution in [1.82, 2.24) is 10.6 Å². The van der Waals surface area contributed by atoms with Gasteiger partial charge in [0.25, 0.3) is 0 Å². The summed E-state index contributed by atoms with van der Waals surface area (Å²) in [4.78, 5) is 36.2. The molecule has 26 heavy (non-hydrogen) atoms. The lowest BCUT2D eigenvalue weighted by Gasteiger charge is -2.24. The highest BCUT2D eigenvalue weighted by molar-refractivity contribution is 5.91. The molecule has 0 saturated carbocycles. The zero-order chi connectivity index (χ0) is 20.3. The van der Waals surface area contributed by atoms with Crippen molar-refractivity contribution in [3.63, 3.8) is 0 Å². The first-order valence-corrected chi connectivity index (χ1v) is 9.37. The van der Waals surface area contributed by atoms with Crippen LogP contribution in [0, 0.1) is 11.8 Å². The number of hydrogen-bond donors (Lipinski definition) is 5. The molecule has 0 radical (unpaired) electrons. The molecule has 2 amide bonds. The van der Waals surface area contributed by atoms with Crippen molar-refractivity contribution >= 4 is 17.8 Å². The summed E-state index contributed by atoms with van der Waals surface area (Å²) < 4.78 is 0. The summed E-state index contributed by atoms with van der Waals surface area (Å²) >= 11 is 0. The molecule has 8 heteroatoms. The molecule has 0 rings (SSSR count). The normalized spacial score (nSPS) is 14.8. The lowest BCUT2D eigenvalue weighted by molar-refractivity contribution is -0.142. The summed E-state index contributed by atoms with van der Waals surface area (Å²) in [5.74, 6) is -1.72. The van der Waals surface area contributed by atoms with Gasteiger partial charge in [-0.3, -0.25) is 9.59 Å². The van der Waals surface area contributed by atoms with Gasteiger partial charge in [0.15, 0.2) is 0 Å². The predicted octanol–water partition coefficient (Wildman–Crippen LogP) is 0.589. The number of carbonyl (C=O) groups excluding carboxylic acids is 2. The van der Waals surface area contributed by atoms with Gasteiger partial charge in [-0.05, 0) is 44.1 Å². The summed E-state index contributed by atoms with van der Waals surface area (Å²) in [6.07, 6.45) is 2.74. The largest absolute Gasteiger partial charge is 0.480 e. The molecule has 7 N–H and O–H groups in total. The third-order valence-corrected chi connectivity index (χ3v) is 3.97. The predicted molar refractivity (Wildman–Crippen MR) is 101 cm³/mol. The maximum atomic E-state index is 12.5. The average Bonchev–Trinajstić information content (AvgIpc) is 2.52. The van der Waals surface area contributed by atoms with E-state index in [-0.39, 0.29) is 11.8 Å². The number of carboxylic acid groups (broad SMARTS) is 1. The fourth-order valence-corrected chi connectivity index (χ4v) is 2.59. The lowest BCUT2D eigenvalue weighted by atomic mass is 10.00. The number of carboxylic acids is 1. The molecular formula is C18H36N4O4. The Morgan fingerprint density at radius 1 is 0.885 bits per heavy atom. The van der Waals surface area contributed by atoms with Crippen molar-refractivity contribution in [3.05, 3.63) is 0 Å². The van der Waals surface area contributed by atoms with Crippen LogP contribution in [0.5, 0.6) is 0 Å². The van der Waals surface area contributed by atoms with E-state index in [0.717, 1.165) is 12.8 Å². The van der Waals surface area contributed by atoms with Crippen molar-refractivity contribution in [2.24, 2.45) is 23.3 Å². The van der Waals surface area contributed by atoms with Gasteiger partial charge in [0.05, 0.1) is 6.04 Å². The number of carbonyl (C=O) groups is 3. The second-order valence-corrected chi connectivity index (χ2v) is 7.61. The van der Waals surface area contributed by atoms with Gasteiger partial charge in [-0.1, -0.05) is 34.1 Å². The van der Waals surface area contributed by atoms with Crippen LogP contribution >= 0.6 is 0 Å². The molecular weight excluding hydrogens is 336 g/mol. The van der Waals surface area contributed by atoms with E-state index in [1.54, 1.807) is 0 Å². The molecule has 0 bridgehead atoms. The molecule has 0 aliphatic heterocycles. The Labute approximate surface area is 156 Å². The van der Waals surface area contributed by atoms with Crippen LogP contribution in [-0.4, -0.2) is 47.6 Å². The monoisotopic (exact) mass is 372 g/mol. The minimum atomic E-state index is -1.08. The topological polar surface area (TPSA) is 148 Å². The molecule has 0 aliphatic carbocycles. The smallest absolute Gasteiger partial charge is 0.326 e. The summed E-state index contributed by atoms with van der Waals surface area (Å²) in [6, 6.07) is -2.50. The first-order valence-electron chi connectivity index (χ1n) is 9.37. The van der Waals surface area contributed by atoms with Crippen LogP contribution in [0.1, 0.15) is 59.8 Å². The number of amides is 2. The van der Waals surface area contributed by atoms with Crippen molar-refractivity contribution in [2.75, 3.05) is 6.54 Å². The SMILES string of the molecule is CC(C)C[C@H](NC(=O)[C@H](CC(C)C)NC(=O)[C@@H](N)CCCCN)C(=O)O. The highest BCUT2D eigenvalue weighted by Crippen LogP contribution is 2.09. The van der Waals surface area contributed by atoms with Gasteiger partial charge < -0.3 is 27.2 Å². The quantitative estimate of drug-likeness (QED) is 0.299. The Morgan fingerprint density at radius 3 is 1.85 bits per heavy atom. The third-order valence-electron chi connectivity index (χ3n) is 3.97. The molecule has 3 atom stereocenters. The number of unbranched alkanes of at least 4 members (excludes halogenated alkanes) is 1. The van der Waals surface area contributed by atoms with E-state index < -0.39 is 35.9 Å². The van der Waals surface area contributed by atoms with Crippen LogP contribution in [-0.2, 0) is 14.4 Å². The summed E-state index contributed by atoms with van der Waals surface area (Å²) in [6.45, 7) is 8.16. The molecule has 8 nitrogen and oxygen atoms in total. The van der Waals surface area contributed by atoms with Crippen molar-refractivity contribution in [1.29, 1.82) is 0 Å². The van der Waals surface area contributed by atoms with Crippen LogP contribution in [0.25, 0.3) is 0 Å². The van der Waals surface area contributed by atoms with Gasteiger partial charge in [-0.15, -0.1) is 0 Å². The first kappa shape index (κ1) is 24.3. The maximum Gasteiger partial charge on any atom is 0.326 e. The number of hydrogen-bond acceptors (Lipinski definition) is 5. The van der Waals surface area contributed by atoms with E-state index in [1.165, 1.54) is 0 Å². The molecule has 0 heterocycles. The van der Waals surface area contributed by atoms with E-state index in [4.69, 9.17) is 11.5 Å². The van der Waals surface area contributed by atoms with E-state index in [0.29, 0.717) is 25.8 Å². The second-order valence-electron chi connectivity index (χ2n) is 7.61. The number of rotatable bonds is 13. The average molecular weight is 373 g/mol. The van der Waals surface area contributed by atoms with Crippen LogP contribution in [0.4, 0.5) is 0 Å². The molecule has 0 aromatic heterocycles. The van der Waals surface area contributed by atoms with Crippen LogP contribution in [0.3, 0.4) is 0 Å². The third kappa shape index (κ3) is 10.4. The van der Waals surface area contributed by atoms with Gasteiger partial charge in [0, 0.05) is 0 Å². The first-order chi connectivity index (χ1) is 12.1.